The predicted octanol–water partition coefficient (Wildman–Crippen LogP) is 3.27. The zero-order valence-electron chi connectivity index (χ0n) is 11.7. The largest absolute Gasteiger partial charge is 0.481 e. The smallest absolute Gasteiger partial charge is 0.310 e. The summed E-state index contributed by atoms with van der Waals surface area (Å²) in [5.41, 5.74) is 0.667. The first-order valence-corrected chi connectivity index (χ1v) is 7.80. The van der Waals surface area contributed by atoms with Crippen molar-refractivity contribution >= 4 is 17.7 Å². The second-order valence-electron chi connectivity index (χ2n) is 5.54. The maximum Gasteiger partial charge on any atom is 0.310 e. The molecule has 0 amide bonds. The predicted molar refractivity (Wildman–Crippen MR) is 78.6 cm³/mol. The fourth-order valence-electron chi connectivity index (χ4n) is 2.60. The molecule has 1 aromatic rings. The van der Waals surface area contributed by atoms with Crippen LogP contribution in [0.2, 0.25) is 0 Å². The van der Waals surface area contributed by atoms with Crippen LogP contribution in [-0.4, -0.2) is 35.3 Å². The van der Waals surface area contributed by atoms with E-state index in [9.17, 15) is 9.90 Å². The molecule has 4 heteroatoms. The molecule has 0 radical (unpaired) electrons. The van der Waals surface area contributed by atoms with E-state index in [1.807, 2.05) is 6.92 Å². The minimum atomic E-state index is -0.681. The average molecular weight is 279 g/mol. The summed E-state index contributed by atoms with van der Waals surface area (Å²) in [6.45, 7) is 5.49. The van der Waals surface area contributed by atoms with Gasteiger partial charge in [-0.15, -0.1) is 11.8 Å². The monoisotopic (exact) mass is 279 g/mol. The third-order valence-corrected chi connectivity index (χ3v) is 4.91. The molecule has 1 fully saturated rings. The molecule has 1 heterocycles. The van der Waals surface area contributed by atoms with E-state index in [4.69, 9.17) is 0 Å². The van der Waals surface area contributed by atoms with Crippen LogP contribution in [0.15, 0.2) is 29.2 Å². The molecular formula is C15H21NO2S. The maximum absolute atomic E-state index is 11.3. The van der Waals surface area contributed by atoms with Gasteiger partial charge in [0.25, 0.3) is 0 Å². The molecule has 2 atom stereocenters. The van der Waals surface area contributed by atoms with Crippen LogP contribution in [0.3, 0.4) is 0 Å². The highest BCUT2D eigenvalue weighted by Gasteiger charge is 2.41. The molecule has 1 aliphatic heterocycles. The zero-order valence-corrected chi connectivity index (χ0v) is 12.5. The molecule has 2 unspecified atom stereocenters. The fraction of sp³-hybridized carbons (Fsp3) is 0.533. The SMILES string of the molecule is CSc1ccc(C(C)N2CCC(C)(C(=O)O)C2)cc1. The Morgan fingerprint density at radius 1 is 1.42 bits per heavy atom. The Balaban J connectivity index is 2.08. The van der Waals surface area contributed by atoms with Gasteiger partial charge in [-0.3, -0.25) is 9.69 Å². The van der Waals surface area contributed by atoms with Crippen molar-refractivity contribution in [2.45, 2.75) is 31.2 Å². The summed E-state index contributed by atoms with van der Waals surface area (Å²) < 4.78 is 0. The summed E-state index contributed by atoms with van der Waals surface area (Å²) in [5, 5.41) is 9.28. The number of benzene rings is 1. The Morgan fingerprint density at radius 3 is 2.53 bits per heavy atom. The Hall–Kier alpha value is -1.00. The highest BCUT2D eigenvalue weighted by Crippen LogP contribution is 2.35. The van der Waals surface area contributed by atoms with Crippen LogP contribution in [0.4, 0.5) is 0 Å². The Morgan fingerprint density at radius 2 is 2.05 bits per heavy atom. The Bertz CT molecular complexity index is 460. The summed E-state index contributed by atoms with van der Waals surface area (Å²) in [5.74, 6) is -0.681. The van der Waals surface area contributed by atoms with Crippen molar-refractivity contribution in [2.24, 2.45) is 5.41 Å². The summed E-state index contributed by atoms with van der Waals surface area (Å²) in [6, 6.07) is 8.82. The number of aliphatic carboxylic acids is 1. The first-order valence-electron chi connectivity index (χ1n) is 6.58. The number of hydrogen-bond donors (Lipinski definition) is 1. The van der Waals surface area contributed by atoms with Crippen LogP contribution in [0.5, 0.6) is 0 Å². The van der Waals surface area contributed by atoms with Gasteiger partial charge in [0.15, 0.2) is 0 Å². The van der Waals surface area contributed by atoms with E-state index in [1.54, 1.807) is 11.8 Å². The second kappa shape index (κ2) is 5.55. The van der Waals surface area contributed by atoms with Gasteiger partial charge in [-0.25, -0.2) is 0 Å². The van der Waals surface area contributed by atoms with Gasteiger partial charge >= 0.3 is 5.97 Å². The fourth-order valence-corrected chi connectivity index (χ4v) is 3.00. The van der Waals surface area contributed by atoms with Crippen molar-refractivity contribution in [3.63, 3.8) is 0 Å². The first-order chi connectivity index (χ1) is 8.96. The lowest BCUT2D eigenvalue weighted by Crippen LogP contribution is -2.32. The van der Waals surface area contributed by atoms with Crippen LogP contribution in [0, 0.1) is 5.41 Å². The van der Waals surface area contributed by atoms with Gasteiger partial charge in [0, 0.05) is 17.5 Å². The maximum atomic E-state index is 11.3. The van der Waals surface area contributed by atoms with Gasteiger partial charge in [0.2, 0.25) is 0 Å². The van der Waals surface area contributed by atoms with Gasteiger partial charge in [0.1, 0.15) is 0 Å². The highest BCUT2D eigenvalue weighted by atomic mass is 32.2. The molecule has 0 spiro atoms. The van der Waals surface area contributed by atoms with E-state index in [0.717, 1.165) is 13.0 Å². The summed E-state index contributed by atoms with van der Waals surface area (Å²) in [7, 11) is 0. The number of carbonyl (C=O) groups is 1. The number of rotatable bonds is 4. The van der Waals surface area contributed by atoms with E-state index in [0.29, 0.717) is 6.54 Å². The van der Waals surface area contributed by atoms with Gasteiger partial charge in [-0.2, -0.15) is 0 Å². The van der Waals surface area contributed by atoms with Gasteiger partial charge < -0.3 is 5.11 Å². The van der Waals surface area contributed by atoms with E-state index >= 15 is 0 Å². The topological polar surface area (TPSA) is 40.5 Å². The third-order valence-electron chi connectivity index (χ3n) is 4.17. The van der Waals surface area contributed by atoms with Crippen molar-refractivity contribution in [3.05, 3.63) is 29.8 Å². The molecule has 2 rings (SSSR count). The highest BCUT2D eigenvalue weighted by molar-refractivity contribution is 7.98. The molecule has 19 heavy (non-hydrogen) atoms. The molecule has 1 saturated heterocycles. The number of nitrogens with zero attached hydrogens (tertiary/aromatic N) is 1. The number of hydrogen-bond acceptors (Lipinski definition) is 3. The first kappa shape index (κ1) is 14.4. The van der Waals surface area contributed by atoms with Crippen LogP contribution in [0.25, 0.3) is 0 Å². The van der Waals surface area contributed by atoms with E-state index < -0.39 is 11.4 Å². The quantitative estimate of drug-likeness (QED) is 0.859. The van der Waals surface area contributed by atoms with E-state index in [2.05, 4.69) is 42.3 Å². The molecule has 0 aliphatic carbocycles. The molecule has 104 valence electrons. The van der Waals surface area contributed by atoms with Crippen molar-refractivity contribution in [3.8, 4) is 0 Å². The molecule has 0 bridgehead atoms. The molecule has 1 aliphatic rings. The Kier molecular flexibility index (Phi) is 4.21. The van der Waals surface area contributed by atoms with Gasteiger partial charge in [-0.1, -0.05) is 12.1 Å². The van der Waals surface area contributed by atoms with Crippen molar-refractivity contribution in [2.75, 3.05) is 19.3 Å². The Labute approximate surface area is 119 Å². The molecule has 0 aromatic heterocycles. The molecule has 1 N–H and O–H groups in total. The zero-order chi connectivity index (χ0) is 14.0. The van der Waals surface area contributed by atoms with E-state index in [-0.39, 0.29) is 6.04 Å². The number of likely N-dealkylation sites (tertiary alicyclic amines) is 1. The lowest BCUT2D eigenvalue weighted by Gasteiger charge is -2.26. The number of carboxylic acids is 1. The summed E-state index contributed by atoms with van der Waals surface area (Å²) in [6.07, 6.45) is 2.80. The van der Waals surface area contributed by atoms with Gasteiger partial charge in [-0.05, 0) is 50.8 Å². The molecule has 1 aromatic carbocycles. The second-order valence-corrected chi connectivity index (χ2v) is 6.42. The van der Waals surface area contributed by atoms with Crippen LogP contribution < -0.4 is 0 Å². The van der Waals surface area contributed by atoms with Crippen molar-refractivity contribution < 1.29 is 9.90 Å². The van der Waals surface area contributed by atoms with Crippen LogP contribution in [-0.2, 0) is 4.79 Å². The lowest BCUT2D eigenvalue weighted by molar-refractivity contribution is -0.147. The molecule has 3 nitrogen and oxygen atoms in total. The third kappa shape index (κ3) is 2.95. The minimum absolute atomic E-state index is 0.275. The van der Waals surface area contributed by atoms with Gasteiger partial charge in [0.05, 0.1) is 5.41 Å². The van der Waals surface area contributed by atoms with Crippen LogP contribution in [0.1, 0.15) is 31.9 Å². The average Bonchev–Trinajstić information content (AvgIpc) is 2.82. The summed E-state index contributed by atoms with van der Waals surface area (Å²) >= 11 is 1.73. The number of thioether (sulfide) groups is 1. The van der Waals surface area contributed by atoms with E-state index in [1.165, 1.54) is 10.5 Å². The normalized spacial score (nSPS) is 25.4. The van der Waals surface area contributed by atoms with Crippen LogP contribution >= 0.6 is 11.8 Å². The molecule has 0 saturated carbocycles. The van der Waals surface area contributed by atoms with Crippen molar-refractivity contribution in [1.82, 2.24) is 4.90 Å². The summed E-state index contributed by atoms with van der Waals surface area (Å²) in [4.78, 5) is 14.8. The number of carboxylic acid groups (broad SMARTS) is 1. The lowest BCUT2D eigenvalue weighted by atomic mass is 9.90. The standard InChI is InChI=1S/C15H21NO2S/c1-11(12-4-6-13(19-3)7-5-12)16-9-8-15(2,10-16)14(17)18/h4-7,11H,8-10H2,1-3H3,(H,17,18). The molecular weight excluding hydrogens is 258 g/mol. The van der Waals surface area contributed by atoms with Crippen molar-refractivity contribution in [1.29, 1.82) is 0 Å². The minimum Gasteiger partial charge on any atom is -0.481 e.